The molecule has 1 aliphatic rings. The topological polar surface area (TPSA) is 103 Å². The van der Waals surface area contributed by atoms with Crippen LogP contribution in [0.4, 0.5) is 5.69 Å². The van der Waals surface area contributed by atoms with E-state index in [-0.39, 0.29) is 24.8 Å². The van der Waals surface area contributed by atoms with Gasteiger partial charge < -0.3 is 29.0 Å². The third-order valence-electron chi connectivity index (χ3n) is 5.53. The van der Waals surface area contributed by atoms with Crippen molar-refractivity contribution in [1.29, 1.82) is 0 Å². The molecule has 1 saturated heterocycles. The first-order chi connectivity index (χ1) is 16.0. The van der Waals surface area contributed by atoms with Crippen LogP contribution in [0.5, 0.6) is 17.2 Å². The summed E-state index contributed by atoms with van der Waals surface area (Å²) in [5.74, 6) is 1.64. The molecule has 0 saturated carbocycles. The summed E-state index contributed by atoms with van der Waals surface area (Å²) in [5, 5.41) is 6.88. The summed E-state index contributed by atoms with van der Waals surface area (Å²) in [7, 11) is 4.70. The molecule has 1 unspecified atom stereocenters. The van der Waals surface area contributed by atoms with E-state index in [1.807, 2.05) is 24.3 Å². The van der Waals surface area contributed by atoms with Crippen LogP contribution in [0.15, 0.2) is 53.1 Å². The van der Waals surface area contributed by atoms with E-state index in [1.54, 1.807) is 50.5 Å². The molecule has 1 N–H and O–H groups in total. The van der Waals surface area contributed by atoms with Crippen molar-refractivity contribution in [3.63, 3.8) is 0 Å². The van der Waals surface area contributed by atoms with Crippen LogP contribution in [-0.2, 0) is 16.1 Å². The number of rotatable bonds is 8. The number of nitrogens with one attached hydrogen (secondary N) is 1. The number of nitrogens with zero attached hydrogens (tertiary/aromatic N) is 2. The van der Waals surface area contributed by atoms with Crippen LogP contribution in [0, 0.1) is 5.92 Å². The van der Waals surface area contributed by atoms with E-state index >= 15 is 0 Å². The van der Waals surface area contributed by atoms with Gasteiger partial charge in [0.1, 0.15) is 11.4 Å². The van der Waals surface area contributed by atoms with Crippen molar-refractivity contribution < 1.29 is 28.3 Å². The van der Waals surface area contributed by atoms with Gasteiger partial charge in [-0.3, -0.25) is 9.59 Å². The second kappa shape index (κ2) is 9.64. The zero-order valence-electron chi connectivity index (χ0n) is 18.7. The highest BCUT2D eigenvalue weighted by Crippen LogP contribution is 2.32. The van der Waals surface area contributed by atoms with Gasteiger partial charge in [-0.15, -0.1) is 0 Å². The summed E-state index contributed by atoms with van der Waals surface area (Å²) in [6.07, 6.45) is 0.152. The van der Waals surface area contributed by atoms with Gasteiger partial charge in [0.25, 0.3) is 0 Å². The summed E-state index contributed by atoms with van der Waals surface area (Å²) in [6.45, 7) is 0.507. The molecule has 0 aliphatic carbocycles. The van der Waals surface area contributed by atoms with Gasteiger partial charge in [0.05, 0.1) is 33.8 Å². The summed E-state index contributed by atoms with van der Waals surface area (Å²) in [4.78, 5) is 26.8. The number of methoxy groups -OCH3 is 3. The molecule has 1 atom stereocenters. The molecule has 0 spiro atoms. The van der Waals surface area contributed by atoms with E-state index in [0.717, 1.165) is 5.56 Å². The Morgan fingerprint density at radius 2 is 1.91 bits per heavy atom. The molecule has 172 valence electrons. The van der Waals surface area contributed by atoms with Gasteiger partial charge in [-0.25, -0.2) is 0 Å². The molecular weight excluding hydrogens is 426 g/mol. The lowest BCUT2D eigenvalue weighted by Gasteiger charge is -2.17. The third kappa shape index (κ3) is 4.77. The van der Waals surface area contributed by atoms with Gasteiger partial charge in [-0.1, -0.05) is 11.2 Å². The lowest BCUT2D eigenvalue weighted by atomic mass is 10.1. The molecule has 1 aliphatic heterocycles. The van der Waals surface area contributed by atoms with Crippen LogP contribution in [0.1, 0.15) is 12.1 Å². The van der Waals surface area contributed by atoms with Crippen LogP contribution < -0.4 is 24.4 Å². The molecule has 9 nitrogen and oxygen atoms in total. The van der Waals surface area contributed by atoms with E-state index < -0.39 is 5.92 Å². The van der Waals surface area contributed by atoms with Crippen molar-refractivity contribution >= 4 is 17.5 Å². The Morgan fingerprint density at radius 1 is 1.09 bits per heavy atom. The first kappa shape index (κ1) is 22.2. The summed E-state index contributed by atoms with van der Waals surface area (Å²) in [6, 6.07) is 14.4. The lowest BCUT2D eigenvalue weighted by molar-refractivity contribution is -0.126. The Bertz CT molecular complexity index is 1160. The Labute approximate surface area is 191 Å². The van der Waals surface area contributed by atoms with E-state index in [0.29, 0.717) is 40.9 Å². The lowest BCUT2D eigenvalue weighted by Crippen LogP contribution is -2.32. The number of hydrogen-bond acceptors (Lipinski definition) is 7. The minimum atomic E-state index is -0.444. The minimum absolute atomic E-state index is 0.0967. The molecule has 3 aromatic rings. The van der Waals surface area contributed by atoms with Crippen molar-refractivity contribution in [2.45, 2.75) is 13.0 Å². The monoisotopic (exact) mass is 451 g/mol. The summed E-state index contributed by atoms with van der Waals surface area (Å²) >= 11 is 0. The number of ether oxygens (including phenoxy) is 3. The number of amides is 2. The normalized spacial score (nSPS) is 15.4. The molecule has 2 aromatic carbocycles. The smallest absolute Gasteiger partial charge is 0.227 e. The predicted molar refractivity (Wildman–Crippen MR) is 120 cm³/mol. The van der Waals surface area contributed by atoms with Gasteiger partial charge in [-0.05, 0) is 30.3 Å². The van der Waals surface area contributed by atoms with Gasteiger partial charge in [-0.2, -0.15) is 0 Å². The van der Waals surface area contributed by atoms with E-state index in [4.69, 9.17) is 18.7 Å². The van der Waals surface area contributed by atoms with Crippen molar-refractivity contribution in [3.05, 3.63) is 54.2 Å². The number of benzene rings is 2. The fraction of sp³-hybridized carbons (Fsp3) is 0.292. The molecule has 0 radical (unpaired) electrons. The molecule has 0 bridgehead atoms. The van der Waals surface area contributed by atoms with Crippen LogP contribution in [0.2, 0.25) is 0 Å². The van der Waals surface area contributed by atoms with Crippen molar-refractivity contribution in [2.75, 3.05) is 32.8 Å². The van der Waals surface area contributed by atoms with Crippen LogP contribution in [-0.4, -0.2) is 44.8 Å². The Balaban J connectivity index is 1.37. The number of anilines is 1. The Morgan fingerprint density at radius 3 is 2.67 bits per heavy atom. The van der Waals surface area contributed by atoms with Gasteiger partial charge in [0.15, 0.2) is 17.3 Å². The van der Waals surface area contributed by atoms with Crippen molar-refractivity contribution in [2.24, 2.45) is 5.92 Å². The molecule has 9 heteroatoms. The highest BCUT2D eigenvalue weighted by atomic mass is 16.5. The standard InChI is InChI=1S/C24H25N3O6/c1-30-19-6-4-5-18(12-19)27-14-16(10-23(27)28)24(29)25-13-17-11-21(33-26-17)15-7-8-20(31-2)22(9-15)32-3/h4-9,11-12,16H,10,13-14H2,1-3H3,(H,25,29). The zero-order chi connectivity index (χ0) is 23.4. The Kier molecular flexibility index (Phi) is 6.48. The largest absolute Gasteiger partial charge is 0.497 e. The van der Waals surface area contributed by atoms with Crippen LogP contribution in [0.3, 0.4) is 0 Å². The molecule has 33 heavy (non-hydrogen) atoms. The quantitative estimate of drug-likeness (QED) is 0.561. The minimum Gasteiger partial charge on any atom is -0.497 e. The maximum atomic E-state index is 12.7. The first-order valence-corrected chi connectivity index (χ1v) is 10.4. The van der Waals surface area contributed by atoms with Gasteiger partial charge in [0.2, 0.25) is 11.8 Å². The maximum absolute atomic E-state index is 12.7. The second-order valence-electron chi connectivity index (χ2n) is 7.58. The number of carbonyl (C=O) groups excluding carboxylic acids is 2. The highest BCUT2D eigenvalue weighted by molar-refractivity contribution is 6.00. The number of hydrogen-bond donors (Lipinski definition) is 1. The molecule has 1 aromatic heterocycles. The van der Waals surface area contributed by atoms with Gasteiger partial charge in [0, 0.05) is 36.3 Å². The Hall–Kier alpha value is -4.01. The van der Waals surface area contributed by atoms with Crippen LogP contribution >= 0.6 is 0 Å². The van der Waals surface area contributed by atoms with E-state index in [1.165, 1.54) is 0 Å². The zero-order valence-corrected chi connectivity index (χ0v) is 18.7. The fourth-order valence-electron chi connectivity index (χ4n) is 3.75. The van der Waals surface area contributed by atoms with E-state index in [2.05, 4.69) is 10.5 Å². The second-order valence-corrected chi connectivity index (χ2v) is 7.58. The number of aromatic nitrogens is 1. The average Bonchev–Trinajstić information content (AvgIpc) is 3.49. The maximum Gasteiger partial charge on any atom is 0.227 e. The highest BCUT2D eigenvalue weighted by Gasteiger charge is 2.35. The molecule has 2 amide bonds. The predicted octanol–water partition coefficient (Wildman–Crippen LogP) is 3.04. The third-order valence-corrected chi connectivity index (χ3v) is 5.53. The van der Waals surface area contributed by atoms with Crippen molar-refractivity contribution in [3.8, 4) is 28.6 Å². The summed E-state index contributed by atoms with van der Waals surface area (Å²) < 4.78 is 21.2. The number of carbonyl (C=O) groups is 2. The molecular formula is C24H25N3O6. The van der Waals surface area contributed by atoms with Crippen molar-refractivity contribution in [1.82, 2.24) is 10.5 Å². The average molecular weight is 451 g/mol. The van der Waals surface area contributed by atoms with Crippen LogP contribution in [0.25, 0.3) is 11.3 Å². The SMILES string of the molecule is COc1cccc(N2CC(C(=O)NCc3cc(-c4ccc(OC)c(OC)c4)on3)CC2=O)c1. The summed E-state index contributed by atoms with van der Waals surface area (Å²) in [5.41, 5.74) is 2.06. The molecule has 4 rings (SSSR count). The fourth-order valence-corrected chi connectivity index (χ4v) is 3.75. The van der Waals surface area contributed by atoms with Gasteiger partial charge >= 0.3 is 0 Å². The molecule has 2 heterocycles. The van der Waals surface area contributed by atoms with E-state index in [9.17, 15) is 9.59 Å². The molecule has 1 fully saturated rings. The first-order valence-electron chi connectivity index (χ1n) is 10.4.